The van der Waals surface area contributed by atoms with Gasteiger partial charge in [0, 0.05) is 25.8 Å². The molecule has 1 unspecified atom stereocenters. The molecule has 1 atom stereocenters. The fraction of sp³-hybridized carbons (Fsp3) is 1.00. The van der Waals surface area contributed by atoms with Crippen molar-refractivity contribution in [1.29, 1.82) is 0 Å². The second-order valence-corrected chi connectivity index (χ2v) is 3.95. The average Bonchev–Trinajstić information content (AvgIpc) is 2.64. The van der Waals surface area contributed by atoms with Gasteiger partial charge in [0.25, 0.3) is 0 Å². The van der Waals surface area contributed by atoms with Crippen LogP contribution in [0.4, 0.5) is 0 Å². The molecule has 3 N–H and O–H groups in total. The summed E-state index contributed by atoms with van der Waals surface area (Å²) in [7, 11) is 0. The molecule has 1 saturated carbocycles. The van der Waals surface area contributed by atoms with E-state index >= 15 is 0 Å². The molecule has 0 bridgehead atoms. The molecule has 0 aromatic rings. The molecule has 3 heteroatoms. The summed E-state index contributed by atoms with van der Waals surface area (Å²) < 4.78 is 0. The van der Waals surface area contributed by atoms with E-state index < -0.39 is 0 Å². The minimum absolute atomic E-state index is 0.178. The number of hydrogen-bond donors (Lipinski definition) is 3. The Balaban J connectivity index is 2.07. The van der Waals surface area contributed by atoms with Gasteiger partial charge in [-0.1, -0.05) is 12.8 Å². The maximum atomic E-state index is 8.98. The van der Waals surface area contributed by atoms with Crippen LogP contribution in [0.15, 0.2) is 0 Å². The van der Waals surface area contributed by atoms with Crippen LogP contribution in [0.2, 0.25) is 0 Å². The predicted molar refractivity (Wildman–Crippen MR) is 52.5 cm³/mol. The van der Waals surface area contributed by atoms with E-state index in [0.717, 1.165) is 6.54 Å². The molecule has 1 fully saturated rings. The van der Waals surface area contributed by atoms with E-state index in [1.165, 1.54) is 25.7 Å². The molecule has 0 spiro atoms. The van der Waals surface area contributed by atoms with E-state index in [1.54, 1.807) is 0 Å². The van der Waals surface area contributed by atoms with Crippen LogP contribution in [0.5, 0.6) is 0 Å². The third kappa shape index (κ3) is 4.07. The molecule has 78 valence electrons. The molecule has 1 rings (SSSR count). The third-order valence-corrected chi connectivity index (χ3v) is 2.85. The molecule has 1 aliphatic carbocycles. The first-order valence-electron chi connectivity index (χ1n) is 5.32. The van der Waals surface area contributed by atoms with E-state index in [4.69, 9.17) is 10.2 Å². The van der Waals surface area contributed by atoms with E-state index in [0.29, 0.717) is 12.5 Å². The van der Waals surface area contributed by atoms with Gasteiger partial charge in [0.05, 0.1) is 0 Å². The van der Waals surface area contributed by atoms with Crippen LogP contribution in [-0.2, 0) is 0 Å². The Morgan fingerprint density at radius 1 is 1.23 bits per heavy atom. The van der Waals surface area contributed by atoms with Crippen LogP contribution in [-0.4, -0.2) is 36.0 Å². The van der Waals surface area contributed by atoms with Crippen molar-refractivity contribution >= 4 is 0 Å². The number of aliphatic hydroxyl groups excluding tert-OH is 2. The summed E-state index contributed by atoms with van der Waals surface area (Å²) >= 11 is 0. The van der Waals surface area contributed by atoms with E-state index in [2.05, 4.69) is 5.32 Å². The van der Waals surface area contributed by atoms with Crippen molar-refractivity contribution in [3.63, 3.8) is 0 Å². The molecule has 0 amide bonds. The highest BCUT2D eigenvalue weighted by Crippen LogP contribution is 2.17. The molecular formula is C10H21NO2. The quantitative estimate of drug-likeness (QED) is 0.568. The third-order valence-electron chi connectivity index (χ3n) is 2.85. The Morgan fingerprint density at radius 2 is 1.92 bits per heavy atom. The maximum Gasteiger partial charge on any atom is 0.0472 e. The molecule has 0 aromatic carbocycles. The second-order valence-electron chi connectivity index (χ2n) is 3.95. The molecule has 13 heavy (non-hydrogen) atoms. The lowest BCUT2D eigenvalue weighted by Crippen LogP contribution is -2.33. The number of hydrogen-bond acceptors (Lipinski definition) is 3. The van der Waals surface area contributed by atoms with E-state index in [-0.39, 0.29) is 19.1 Å². The average molecular weight is 187 g/mol. The highest BCUT2D eigenvalue weighted by molar-refractivity contribution is 4.75. The summed E-state index contributed by atoms with van der Waals surface area (Å²) in [6, 6.07) is 0.660. The number of nitrogens with one attached hydrogen (secondary N) is 1. The highest BCUT2D eigenvalue weighted by Gasteiger charge is 2.15. The molecule has 0 aliphatic heterocycles. The lowest BCUT2D eigenvalue weighted by molar-refractivity contribution is 0.178. The van der Waals surface area contributed by atoms with E-state index in [1.807, 2.05) is 0 Å². The van der Waals surface area contributed by atoms with E-state index in [9.17, 15) is 0 Å². The van der Waals surface area contributed by atoms with Gasteiger partial charge >= 0.3 is 0 Å². The molecule has 3 nitrogen and oxygen atoms in total. The molecule has 0 radical (unpaired) electrons. The monoisotopic (exact) mass is 187 g/mol. The largest absolute Gasteiger partial charge is 0.396 e. The predicted octanol–water partition coefficient (Wildman–Crippen LogP) is 0.509. The Morgan fingerprint density at radius 3 is 2.46 bits per heavy atom. The van der Waals surface area contributed by atoms with Crippen molar-refractivity contribution in [1.82, 2.24) is 5.32 Å². The van der Waals surface area contributed by atoms with Gasteiger partial charge in [0.15, 0.2) is 0 Å². The first kappa shape index (κ1) is 11.0. The van der Waals surface area contributed by atoms with Crippen molar-refractivity contribution < 1.29 is 10.2 Å². The standard InChI is InChI=1S/C10H21NO2/c12-6-5-9(8-13)7-11-10-3-1-2-4-10/h9-13H,1-8H2. The van der Waals surface area contributed by atoms with Gasteiger partial charge in [-0.05, 0) is 25.2 Å². The Labute approximate surface area is 80.2 Å². The highest BCUT2D eigenvalue weighted by atomic mass is 16.3. The molecular weight excluding hydrogens is 166 g/mol. The van der Waals surface area contributed by atoms with Gasteiger partial charge in [0.1, 0.15) is 0 Å². The smallest absolute Gasteiger partial charge is 0.0472 e. The topological polar surface area (TPSA) is 52.5 Å². The lowest BCUT2D eigenvalue weighted by atomic mass is 10.1. The summed E-state index contributed by atoms with van der Waals surface area (Å²) in [5.41, 5.74) is 0. The second kappa shape index (κ2) is 6.35. The van der Waals surface area contributed by atoms with Crippen LogP contribution in [0.3, 0.4) is 0 Å². The van der Waals surface area contributed by atoms with Gasteiger partial charge in [0.2, 0.25) is 0 Å². The van der Waals surface area contributed by atoms with Crippen LogP contribution < -0.4 is 5.32 Å². The van der Waals surface area contributed by atoms with Gasteiger partial charge in [-0.25, -0.2) is 0 Å². The zero-order chi connectivity index (χ0) is 9.52. The molecule has 0 heterocycles. The maximum absolute atomic E-state index is 8.98. The van der Waals surface area contributed by atoms with Crippen molar-refractivity contribution in [2.45, 2.75) is 38.1 Å². The first-order valence-corrected chi connectivity index (χ1v) is 5.32. The Hall–Kier alpha value is -0.120. The van der Waals surface area contributed by atoms with Crippen LogP contribution >= 0.6 is 0 Å². The lowest BCUT2D eigenvalue weighted by Gasteiger charge is -2.17. The summed E-state index contributed by atoms with van der Waals surface area (Å²) in [5, 5.41) is 21.1. The van der Waals surface area contributed by atoms with Crippen LogP contribution in [0.25, 0.3) is 0 Å². The number of rotatable bonds is 6. The summed E-state index contributed by atoms with van der Waals surface area (Å²) in [4.78, 5) is 0. The zero-order valence-corrected chi connectivity index (χ0v) is 8.21. The fourth-order valence-corrected chi connectivity index (χ4v) is 1.90. The first-order chi connectivity index (χ1) is 6.36. The molecule has 0 aromatic heterocycles. The van der Waals surface area contributed by atoms with Gasteiger partial charge in [-0.15, -0.1) is 0 Å². The Bertz CT molecular complexity index is 124. The summed E-state index contributed by atoms with van der Waals surface area (Å²) in [5.74, 6) is 0.227. The van der Waals surface area contributed by atoms with Crippen molar-refractivity contribution in [3.05, 3.63) is 0 Å². The van der Waals surface area contributed by atoms with Gasteiger partial charge in [-0.3, -0.25) is 0 Å². The van der Waals surface area contributed by atoms with Crippen molar-refractivity contribution in [2.75, 3.05) is 19.8 Å². The zero-order valence-electron chi connectivity index (χ0n) is 8.21. The van der Waals surface area contributed by atoms with Crippen LogP contribution in [0.1, 0.15) is 32.1 Å². The summed E-state index contributed by atoms with van der Waals surface area (Å²) in [6.45, 7) is 1.21. The van der Waals surface area contributed by atoms with Gasteiger partial charge < -0.3 is 15.5 Å². The Kier molecular flexibility index (Phi) is 5.35. The van der Waals surface area contributed by atoms with Crippen molar-refractivity contribution in [2.24, 2.45) is 5.92 Å². The minimum Gasteiger partial charge on any atom is -0.396 e. The molecule has 0 saturated heterocycles. The SMILES string of the molecule is OCCC(CO)CNC1CCCC1. The summed E-state index contributed by atoms with van der Waals surface area (Å²) in [6.07, 6.45) is 5.92. The number of aliphatic hydroxyl groups is 2. The molecule has 1 aliphatic rings. The van der Waals surface area contributed by atoms with Crippen molar-refractivity contribution in [3.8, 4) is 0 Å². The normalized spacial score (nSPS) is 20.8. The minimum atomic E-state index is 0.178. The van der Waals surface area contributed by atoms with Crippen LogP contribution in [0, 0.1) is 5.92 Å². The fourth-order valence-electron chi connectivity index (χ4n) is 1.90. The van der Waals surface area contributed by atoms with Gasteiger partial charge in [-0.2, -0.15) is 0 Å².